The summed E-state index contributed by atoms with van der Waals surface area (Å²) >= 11 is 0. The summed E-state index contributed by atoms with van der Waals surface area (Å²) in [6.45, 7) is 2.69. The monoisotopic (exact) mass is 117 g/mol. The maximum atomic E-state index is 11.8. The van der Waals surface area contributed by atoms with Gasteiger partial charge >= 0.3 is 6.47 Å². The topological polar surface area (TPSA) is 26.3 Å². The molecule has 0 amide bonds. The smallest absolute Gasteiger partial charge is 0.390 e. The first kappa shape index (κ1) is 7.14. The van der Waals surface area contributed by atoms with Gasteiger partial charge in [-0.3, -0.25) is 0 Å². The van der Waals surface area contributed by atoms with Crippen molar-refractivity contribution >= 4 is 6.47 Å². The number of hydrogen-bond acceptors (Lipinski definition) is 2. The van der Waals surface area contributed by atoms with Gasteiger partial charge < -0.3 is 4.74 Å². The molecule has 0 unspecified atom stereocenters. The summed E-state index contributed by atoms with van der Waals surface area (Å²) in [5, 5.41) is 0. The minimum absolute atomic E-state index is 0.507. The van der Waals surface area contributed by atoms with Crippen molar-refractivity contribution in [3.05, 3.63) is 12.1 Å². The maximum absolute atomic E-state index is 11.8. The number of allylic oxidation sites excluding steroid dienone is 1. The lowest BCUT2D eigenvalue weighted by atomic mass is 10.5. The van der Waals surface area contributed by atoms with Crippen molar-refractivity contribution in [2.75, 3.05) is 0 Å². The first-order valence-electron chi connectivity index (χ1n) is 2.21. The molecule has 0 saturated heterocycles. The Morgan fingerprint density at radius 1 is 2.00 bits per heavy atom. The molecule has 0 aromatic rings. The maximum Gasteiger partial charge on any atom is 0.425 e. The van der Waals surface area contributed by atoms with Gasteiger partial charge in [-0.05, 0) is 12.5 Å². The highest BCUT2D eigenvalue weighted by Gasteiger charge is 1.88. The Kier molecular flexibility index (Phi) is 3.84. The van der Waals surface area contributed by atoms with E-state index in [0.717, 1.165) is 12.5 Å². The van der Waals surface area contributed by atoms with Gasteiger partial charge in [-0.1, -0.05) is 6.92 Å². The van der Waals surface area contributed by atoms with E-state index in [4.69, 9.17) is 0 Å². The van der Waals surface area contributed by atoms with Crippen LogP contribution in [0.5, 0.6) is 0 Å². The van der Waals surface area contributed by atoms with Crippen molar-refractivity contribution in [3.8, 4) is 0 Å². The van der Waals surface area contributed by atoms with Crippen LogP contribution in [0.15, 0.2) is 12.1 Å². The van der Waals surface area contributed by atoms with Crippen LogP contribution in [0.1, 0.15) is 13.3 Å². The third-order valence-electron chi connectivity index (χ3n) is 0.504. The predicted molar refractivity (Wildman–Crippen MR) is 26.3 cm³/mol. The summed E-state index contributed by atoms with van der Waals surface area (Å²) < 4.78 is 15.5. The van der Waals surface area contributed by atoms with Crippen molar-refractivity contribution in [1.29, 1.82) is 0 Å². The molecule has 8 heavy (non-hydrogen) atoms. The first-order chi connectivity index (χ1) is 3.81. The van der Waals surface area contributed by atoms with Gasteiger partial charge in [0.15, 0.2) is 0 Å². The lowest BCUT2D eigenvalue weighted by molar-refractivity contribution is 0.269. The van der Waals surface area contributed by atoms with Crippen LogP contribution in [-0.4, -0.2) is 6.47 Å². The lowest BCUT2D eigenvalue weighted by Gasteiger charge is -1.85. The zero-order chi connectivity index (χ0) is 6.41. The van der Waals surface area contributed by atoms with Crippen LogP contribution < -0.4 is 0 Å². The fourth-order valence-corrected chi connectivity index (χ4v) is 0.242. The van der Waals surface area contributed by atoms with Crippen LogP contribution in [0.3, 0.4) is 0 Å². The molecule has 45 valence electrons. The summed E-state index contributed by atoms with van der Waals surface area (Å²) in [7, 11) is 0. The Balaban J connectivity index is 3.44. The summed E-state index contributed by atoms with van der Waals surface area (Å²) in [6, 6.07) is -0.887. The summed E-state index contributed by atoms with van der Waals surface area (Å²) in [4.78, 5) is 9.26. The fraction of sp³-hybridized carbons (Fsp3) is 0.400. The Morgan fingerprint density at radius 2 is 2.62 bits per heavy atom. The number of hydrogen-bond donors (Lipinski definition) is 0. The molecule has 3 heteroatoms. The van der Waals surface area contributed by atoms with E-state index in [2.05, 4.69) is 4.74 Å². The van der Waals surface area contributed by atoms with Crippen LogP contribution in [0.25, 0.3) is 0 Å². The van der Waals surface area contributed by atoms with E-state index in [1.807, 2.05) is 0 Å². The molecule has 0 aliphatic rings. The van der Waals surface area contributed by atoms with Gasteiger partial charge in [0.1, 0.15) is 0 Å². The Bertz CT molecular complexity index is 98.6. The Labute approximate surface area is 47.0 Å². The van der Waals surface area contributed by atoms with E-state index in [-0.39, 0.29) is 0 Å². The Hall–Kier alpha value is -0.860. The van der Waals surface area contributed by atoms with Gasteiger partial charge in [-0.15, -0.1) is 0 Å². The second-order valence-electron chi connectivity index (χ2n) is 1.10. The number of rotatable bonds is 3. The van der Waals surface area contributed by atoms with E-state index in [0.29, 0.717) is 6.42 Å². The molecule has 0 heterocycles. The van der Waals surface area contributed by atoms with Gasteiger partial charge in [-0.2, -0.15) is 4.39 Å². The first-order valence-corrected chi connectivity index (χ1v) is 2.21. The third-order valence-corrected chi connectivity index (χ3v) is 0.504. The Morgan fingerprint density at radius 3 is 3.00 bits per heavy atom. The molecule has 0 atom stereocenters. The minimum Gasteiger partial charge on any atom is -0.390 e. The zero-order valence-electron chi connectivity index (χ0n) is 4.48. The molecule has 0 aromatic carbocycles. The molecular weight excluding hydrogens is 111 g/mol. The van der Waals surface area contributed by atoms with Crippen molar-refractivity contribution < 1.29 is 13.9 Å². The standard InChI is InChI=1S/C5H6FO2/c1-2-3-5(6)8-4-7/h3H,2H2,1H3. The van der Waals surface area contributed by atoms with E-state index >= 15 is 0 Å². The zero-order valence-corrected chi connectivity index (χ0v) is 4.48. The molecular formula is C5H6FO2. The molecule has 1 radical (unpaired) electrons. The van der Waals surface area contributed by atoms with Crippen molar-refractivity contribution in [3.63, 3.8) is 0 Å². The fourth-order valence-electron chi connectivity index (χ4n) is 0.242. The summed E-state index contributed by atoms with van der Waals surface area (Å²) in [5.74, 6) is 0. The van der Waals surface area contributed by atoms with Gasteiger partial charge in [0.25, 0.3) is 6.01 Å². The van der Waals surface area contributed by atoms with Crippen LogP contribution in [-0.2, 0) is 9.53 Å². The highest BCUT2D eigenvalue weighted by molar-refractivity contribution is 5.40. The van der Waals surface area contributed by atoms with Crippen LogP contribution in [0.4, 0.5) is 4.39 Å². The second-order valence-corrected chi connectivity index (χ2v) is 1.10. The highest BCUT2D eigenvalue weighted by atomic mass is 19.1. The van der Waals surface area contributed by atoms with Crippen molar-refractivity contribution in [1.82, 2.24) is 0 Å². The lowest BCUT2D eigenvalue weighted by Crippen LogP contribution is -1.80. The number of ether oxygens (including phenoxy) is 1. The quantitative estimate of drug-likeness (QED) is 0.520. The summed E-state index contributed by atoms with van der Waals surface area (Å²) in [5.41, 5.74) is 0. The molecule has 2 nitrogen and oxygen atoms in total. The molecule has 0 aliphatic carbocycles. The molecule has 0 N–H and O–H groups in total. The molecule has 0 rings (SSSR count). The van der Waals surface area contributed by atoms with Gasteiger partial charge in [0.2, 0.25) is 0 Å². The van der Waals surface area contributed by atoms with E-state index in [1.54, 1.807) is 6.92 Å². The summed E-state index contributed by atoms with van der Waals surface area (Å²) in [6.07, 6.45) is 1.65. The molecule has 0 bridgehead atoms. The van der Waals surface area contributed by atoms with Crippen LogP contribution >= 0.6 is 0 Å². The minimum atomic E-state index is -0.887. The van der Waals surface area contributed by atoms with Gasteiger partial charge in [0.05, 0.1) is 0 Å². The van der Waals surface area contributed by atoms with Gasteiger partial charge in [-0.25, -0.2) is 4.79 Å². The largest absolute Gasteiger partial charge is 0.425 e. The average Bonchev–Trinajstić information content (AvgIpc) is 1.68. The molecule has 0 fully saturated rings. The molecule has 0 spiro atoms. The van der Waals surface area contributed by atoms with E-state index < -0.39 is 6.01 Å². The second kappa shape index (κ2) is 4.30. The average molecular weight is 117 g/mol. The van der Waals surface area contributed by atoms with Crippen molar-refractivity contribution in [2.24, 2.45) is 0 Å². The number of halogens is 1. The van der Waals surface area contributed by atoms with E-state index in [9.17, 15) is 9.18 Å². The predicted octanol–water partition coefficient (Wildman–Crippen LogP) is 1.29. The molecule has 0 aliphatic heterocycles. The van der Waals surface area contributed by atoms with Crippen LogP contribution in [0.2, 0.25) is 0 Å². The van der Waals surface area contributed by atoms with Crippen LogP contribution in [0, 0.1) is 0 Å². The normalized spacial score (nSPS) is 11.0. The highest BCUT2D eigenvalue weighted by Crippen LogP contribution is 1.96. The molecule has 0 saturated carbocycles. The third kappa shape index (κ3) is 3.33. The van der Waals surface area contributed by atoms with Gasteiger partial charge in [0, 0.05) is 0 Å². The van der Waals surface area contributed by atoms with E-state index in [1.165, 1.54) is 0 Å². The molecule has 0 aromatic heterocycles. The SMILES string of the molecule is CCC=C(F)O[C]=O. The van der Waals surface area contributed by atoms with Crippen molar-refractivity contribution in [2.45, 2.75) is 13.3 Å². The number of carbonyl (C=O) groups excluding carboxylic acids is 1.